The summed E-state index contributed by atoms with van der Waals surface area (Å²) in [5, 5.41) is 17.2. The number of aliphatic imine (C=N–C) groups is 1. The Balaban J connectivity index is 0.00000450. The van der Waals surface area contributed by atoms with E-state index in [1.54, 1.807) is 11.8 Å². The highest BCUT2D eigenvalue weighted by molar-refractivity contribution is 14.0. The van der Waals surface area contributed by atoms with Gasteiger partial charge in [-0.1, -0.05) is 49.3 Å². The topological polar surface area (TPSA) is 67.1 Å². The number of nitrogens with zero attached hydrogens (tertiary/aromatic N) is 4. The van der Waals surface area contributed by atoms with Crippen molar-refractivity contribution >= 4 is 53.3 Å². The number of aryl methyl sites for hydroxylation is 1. The minimum absolute atomic E-state index is 0. The third-order valence-electron chi connectivity index (χ3n) is 4.32. The highest BCUT2D eigenvalue weighted by Gasteiger charge is 2.12. The van der Waals surface area contributed by atoms with Crippen molar-refractivity contribution in [1.29, 1.82) is 0 Å². The smallest absolute Gasteiger partial charge is 0.191 e. The molecule has 9 heteroatoms. The molecule has 0 aliphatic rings. The molecule has 0 bridgehead atoms. The first kappa shape index (κ1) is 27.0. The van der Waals surface area contributed by atoms with E-state index in [2.05, 4.69) is 58.3 Å². The molecule has 0 fully saturated rings. The summed E-state index contributed by atoms with van der Waals surface area (Å²) in [6.07, 6.45) is 4.80. The van der Waals surface area contributed by atoms with Crippen LogP contribution in [0.4, 0.5) is 0 Å². The van der Waals surface area contributed by atoms with Crippen LogP contribution in [0.1, 0.15) is 38.6 Å². The second-order valence-electron chi connectivity index (χ2n) is 7.27. The Labute approximate surface area is 207 Å². The second-order valence-corrected chi connectivity index (χ2v) is 8.48. The van der Waals surface area contributed by atoms with Gasteiger partial charge >= 0.3 is 0 Å². The highest BCUT2D eigenvalue weighted by atomic mass is 127. The van der Waals surface area contributed by atoms with Crippen LogP contribution in [-0.2, 0) is 19.4 Å². The monoisotopic (exact) mass is 564 g/mol. The predicted molar refractivity (Wildman–Crippen MR) is 140 cm³/mol. The molecular formula is C21H34ClIN6S. The van der Waals surface area contributed by atoms with Crippen LogP contribution in [0.25, 0.3) is 0 Å². The van der Waals surface area contributed by atoms with E-state index in [1.165, 1.54) is 5.56 Å². The van der Waals surface area contributed by atoms with Crippen LogP contribution in [0, 0.1) is 5.92 Å². The quantitative estimate of drug-likeness (QED) is 0.137. The van der Waals surface area contributed by atoms with E-state index in [0.29, 0.717) is 5.92 Å². The van der Waals surface area contributed by atoms with Gasteiger partial charge in [0.25, 0.3) is 0 Å². The molecule has 0 saturated heterocycles. The van der Waals surface area contributed by atoms with E-state index in [-0.39, 0.29) is 24.0 Å². The van der Waals surface area contributed by atoms with Gasteiger partial charge in [-0.05, 0) is 49.6 Å². The molecule has 1 aromatic carbocycles. The fraction of sp³-hybridized carbons (Fsp3) is 0.571. The first-order valence-electron chi connectivity index (χ1n) is 10.3. The summed E-state index contributed by atoms with van der Waals surface area (Å²) in [5.74, 6) is 2.48. The van der Waals surface area contributed by atoms with E-state index in [1.807, 2.05) is 18.4 Å². The summed E-state index contributed by atoms with van der Waals surface area (Å²) in [5.41, 5.74) is 1.26. The zero-order chi connectivity index (χ0) is 21.1. The van der Waals surface area contributed by atoms with Crippen molar-refractivity contribution in [3.8, 4) is 0 Å². The SMILES string of the molecule is CCNC(=NCCCc1nnc(SC)n1CC(C)C)NCCc1ccc(Cl)cc1.I. The number of hydrogen-bond donors (Lipinski definition) is 2. The summed E-state index contributed by atoms with van der Waals surface area (Å²) >= 11 is 7.59. The van der Waals surface area contributed by atoms with Crippen LogP contribution in [0.15, 0.2) is 34.4 Å². The van der Waals surface area contributed by atoms with Gasteiger partial charge in [0.15, 0.2) is 11.1 Å². The van der Waals surface area contributed by atoms with Crippen molar-refractivity contribution < 1.29 is 0 Å². The van der Waals surface area contributed by atoms with Gasteiger partial charge in [0.1, 0.15) is 5.82 Å². The van der Waals surface area contributed by atoms with Gasteiger partial charge in [0.2, 0.25) is 0 Å². The minimum atomic E-state index is 0. The summed E-state index contributed by atoms with van der Waals surface area (Å²) in [6, 6.07) is 7.97. The first-order chi connectivity index (χ1) is 14.0. The lowest BCUT2D eigenvalue weighted by molar-refractivity contribution is 0.477. The Morgan fingerprint density at radius 1 is 1.17 bits per heavy atom. The summed E-state index contributed by atoms with van der Waals surface area (Å²) in [4.78, 5) is 4.70. The molecule has 0 spiro atoms. The maximum absolute atomic E-state index is 5.94. The Bertz CT molecular complexity index is 763. The van der Waals surface area contributed by atoms with Crippen LogP contribution < -0.4 is 10.6 Å². The number of hydrogen-bond acceptors (Lipinski definition) is 4. The average Bonchev–Trinajstić information content (AvgIpc) is 3.07. The maximum Gasteiger partial charge on any atom is 0.191 e. The lowest BCUT2D eigenvalue weighted by atomic mass is 10.1. The predicted octanol–water partition coefficient (Wildman–Crippen LogP) is 4.66. The first-order valence-corrected chi connectivity index (χ1v) is 11.9. The van der Waals surface area contributed by atoms with Gasteiger partial charge in [-0.3, -0.25) is 4.99 Å². The Morgan fingerprint density at radius 2 is 1.90 bits per heavy atom. The van der Waals surface area contributed by atoms with Crippen LogP contribution in [0.2, 0.25) is 5.02 Å². The normalized spacial score (nSPS) is 11.5. The van der Waals surface area contributed by atoms with E-state index in [0.717, 1.165) is 67.4 Å². The molecular weight excluding hydrogens is 531 g/mol. The standard InChI is InChI=1S/C21H33ClN6S.HI/c1-5-23-20(25-14-12-17-8-10-18(22)11-9-17)24-13-6-7-19-26-27-21(29-4)28(19)15-16(2)3;/h8-11,16H,5-7,12-15H2,1-4H3,(H2,23,24,25);1H. The molecule has 168 valence electrons. The minimum Gasteiger partial charge on any atom is -0.357 e. The van der Waals surface area contributed by atoms with Gasteiger partial charge in [-0.15, -0.1) is 34.2 Å². The Kier molecular flexibility index (Phi) is 13.4. The van der Waals surface area contributed by atoms with Crippen molar-refractivity contribution in [2.75, 3.05) is 25.9 Å². The van der Waals surface area contributed by atoms with Crippen molar-refractivity contribution in [1.82, 2.24) is 25.4 Å². The van der Waals surface area contributed by atoms with Gasteiger partial charge in [0, 0.05) is 37.6 Å². The summed E-state index contributed by atoms with van der Waals surface area (Å²) < 4.78 is 2.24. The molecule has 6 nitrogen and oxygen atoms in total. The van der Waals surface area contributed by atoms with Crippen molar-refractivity contribution in [2.24, 2.45) is 10.9 Å². The number of nitrogens with one attached hydrogen (secondary N) is 2. The molecule has 0 amide bonds. The van der Waals surface area contributed by atoms with E-state index in [9.17, 15) is 0 Å². The molecule has 2 rings (SSSR count). The zero-order valence-electron chi connectivity index (χ0n) is 18.3. The molecule has 0 aliphatic carbocycles. The van der Waals surface area contributed by atoms with E-state index >= 15 is 0 Å². The van der Waals surface area contributed by atoms with Gasteiger partial charge in [-0.2, -0.15) is 0 Å². The largest absolute Gasteiger partial charge is 0.357 e. The summed E-state index contributed by atoms with van der Waals surface area (Å²) in [6.45, 7) is 9.89. The molecule has 0 saturated carbocycles. The number of guanidine groups is 1. The third kappa shape index (κ3) is 9.43. The molecule has 2 N–H and O–H groups in total. The molecule has 0 radical (unpaired) electrons. The lowest BCUT2D eigenvalue weighted by Gasteiger charge is -2.12. The van der Waals surface area contributed by atoms with E-state index < -0.39 is 0 Å². The average molecular weight is 565 g/mol. The van der Waals surface area contributed by atoms with Gasteiger partial charge < -0.3 is 15.2 Å². The number of halogens is 2. The number of benzene rings is 1. The van der Waals surface area contributed by atoms with Crippen molar-refractivity contribution in [3.63, 3.8) is 0 Å². The fourth-order valence-electron chi connectivity index (χ4n) is 2.95. The van der Waals surface area contributed by atoms with E-state index in [4.69, 9.17) is 16.6 Å². The third-order valence-corrected chi connectivity index (χ3v) is 5.23. The molecule has 2 aromatic rings. The maximum atomic E-state index is 5.94. The van der Waals surface area contributed by atoms with Crippen LogP contribution in [-0.4, -0.2) is 46.6 Å². The van der Waals surface area contributed by atoms with Gasteiger partial charge in [-0.25, -0.2) is 0 Å². The number of aromatic nitrogens is 3. The number of rotatable bonds is 11. The van der Waals surface area contributed by atoms with Gasteiger partial charge in [0.05, 0.1) is 0 Å². The van der Waals surface area contributed by atoms with Crippen LogP contribution >= 0.6 is 47.3 Å². The van der Waals surface area contributed by atoms with Crippen LogP contribution in [0.5, 0.6) is 0 Å². The Hall–Kier alpha value is -1.000. The highest BCUT2D eigenvalue weighted by Crippen LogP contribution is 2.16. The molecule has 1 aromatic heterocycles. The van der Waals surface area contributed by atoms with Crippen molar-refractivity contribution in [2.45, 2.75) is 51.7 Å². The van der Waals surface area contributed by atoms with Crippen molar-refractivity contribution in [3.05, 3.63) is 40.7 Å². The lowest BCUT2D eigenvalue weighted by Crippen LogP contribution is -2.38. The fourth-order valence-corrected chi connectivity index (χ4v) is 3.60. The molecule has 1 heterocycles. The van der Waals surface area contributed by atoms with Crippen LogP contribution in [0.3, 0.4) is 0 Å². The number of thioether (sulfide) groups is 1. The Morgan fingerprint density at radius 3 is 2.53 bits per heavy atom. The molecule has 0 unspecified atom stereocenters. The summed E-state index contributed by atoms with van der Waals surface area (Å²) in [7, 11) is 0. The molecule has 0 aliphatic heterocycles. The molecule has 0 atom stereocenters. The second kappa shape index (κ2) is 14.9. The molecule has 30 heavy (non-hydrogen) atoms. The zero-order valence-corrected chi connectivity index (χ0v) is 22.2.